The summed E-state index contributed by atoms with van der Waals surface area (Å²) in [7, 11) is 0. The van der Waals surface area contributed by atoms with Crippen LogP contribution in [-0.4, -0.2) is 7.85 Å². The SMILES string of the molecule is [CH2]C(I)C(C)I. The molecule has 0 nitrogen and oxygen atoms in total. The molecule has 0 saturated heterocycles. The number of hydrogen-bond acceptors (Lipinski definition) is 0. The van der Waals surface area contributed by atoms with E-state index in [9.17, 15) is 0 Å². The Bertz CT molecular complexity index is 26.5. The molecule has 0 aliphatic carbocycles. The van der Waals surface area contributed by atoms with Crippen LogP contribution < -0.4 is 0 Å². The summed E-state index contributed by atoms with van der Waals surface area (Å²) in [6.45, 7) is 5.97. The average Bonchev–Trinajstić information content (AvgIpc) is 1.36. The highest BCUT2D eigenvalue weighted by Gasteiger charge is 2.00. The van der Waals surface area contributed by atoms with Crippen LogP contribution in [0.15, 0.2) is 0 Å². The molecule has 0 spiro atoms. The van der Waals surface area contributed by atoms with Gasteiger partial charge in [-0.05, 0) is 6.92 Å². The highest BCUT2D eigenvalue weighted by Crippen LogP contribution is 2.11. The van der Waals surface area contributed by atoms with E-state index in [1.165, 1.54) is 0 Å². The second kappa shape index (κ2) is 3.46. The monoisotopic (exact) mass is 309 g/mol. The van der Waals surface area contributed by atoms with Crippen molar-refractivity contribution >= 4 is 45.2 Å². The first kappa shape index (κ1) is 7.46. The third-order valence-corrected chi connectivity index (χ3v) is 3.82. The fourth-order valence-corrected chi connectivity index (χ4v) is 0. The van der Waals surface area contributed by atoms with Gasteiger partial charge in [0.2, 0.25) is 0 Å². The van der Waals surface area contributed by atoms with E-state index in [2.05, 4.69) is 59.0 Å². The standard InChI is InChI=1S/C4H7I2/c1-3(5)4(2)6/h3-4H,1H2,2H3. The zero-order valence-corrected chi connectivity index (χ0v) is 7.93. The van der Waals surface area contributed by atoms with Crippen LogP contribution in [0.1, 0.15) is 6.92 Å². The number of hydrogen-bond donors (Lipinski definition) is 0. The summed E-state index contributed by atoms with van der Waals surface area (Å²) in [6, 6.07) is 0. The lowest BCUT2D eigenvalue weighted by Gasteiger charge is -2.01. The van der Waals surface area contributed by atoms with Crippen molar-refractivity contribution in [1.29, 1.82) is 0 Å². The van der Waals surface area contributed by atoms with Crippen LogP contribution in [0, 0.1) is 6.92 Å². The lowest BCUT2D eigenvalue weighted by Crippen LogP contribution is -2.02. The minimum Gasteiger partial charge on any atom is -0.0818 e. The zero-order chi connectivity index (χ0) is 5.15. The van der Waals surface area contributed by atoms with E-state index in [1.807, 2.05) is 0 Å². The molecule has 0 bridgehead atoms. The maximum absolute atomic E-state index is 3.82. The van der Waals surface area contributed by atoms with Gasteiger partial charge < -0.3 is 0 Å². The number of rotatable bonds is 1. The predicted octanol–water partition coefficient (Wildman–Crippen LogP) is 2.45. The predicted molar refractivity (Wildman–Crippen MR) is 46.6 cm³/mol. The van der Waals surface area contributed by atoms with Crippen LogP contribution in [0.3, 0.4) is 0 Å². The van der Waals surface area contributed by atoms with E-state index in [0.29, 0.717) is 7.85 Å². The fourth-order valence-electron chi connectivity index (χ4n) is 0. The van der Waals surface area contributed by atoms with Gasteiger partial charge in [-0.15, -0.1) is 0 Å². The summed E-state index contributed by atoms with van der Waals surface area (Å²) in [5, 5.41) is 0. The first-order chi connectivity index (χ1) is 2.64. The van der Waals surface area contributed by atoms with Gasteiger partial charge in [-0.1, -0.05) is 52.1 Å². The Hall–Kier alpha value is 1.46. The van der Waals surface area contributed by atoms with E-state index in [-0.39, 0.29) is 0 Å². The molecule has 0 amide bonds. The lowest BCUT2D eigenvalue weighted by atomic mass is 10.4. The Morgan fingerprint density at radius 2 is 1.67 bits per heavy atom. The van der Waals surface area contributed by atoms with Gasteiger partial charge in [0.1, 0.15) is 0 Å². The maximum atomic E-state index is 3.82. The molecule has 0 N–H and O–H groups in total. The molecule has 0 saturated carbocycles. The molecule has 0 fully saturated rings. The molecular weight excluding hydrogens is 302 g/mol. The summed E-state index contributed by atoms with van der Waals surface area (Å²) < 4.78 is 1.26. The lowest BCUT2D eigenvalue weighted by molar-refractivity contribution is 1.07. The summed E-state index contributed by atoms with van der Waals surface area (Å²) in [4.78, 5) is 0. The van der Waals surface area contributed by atoms with Gasteiger partial charge in [-0.3, -0.25) is 0 Å². The van der Waals surface area contributed by atoms with Gasteiger partial charge in [0.05, 0.1) is 0 Å². The van der Waals surface area contributed by atoms with Crippen molar-refractivity contribution in [3.05, 3.63) is 6.92 Å². The molecule has 1 radical (unpaired) electrons. The van der Waals surface area contributed by atoms with Crippen LogP contribution >= 0.6 is 45.2 Å². The van der Waals surface area contributed by atoms with Crippen molar-refractivity contribution in [3.63, 3.8) is 0 Å². The maximum Gasteiger partial charge on any atom is 0.0225 e. The van der Waals surface area contributed by atoms with Crippen LogP contribution in [0.2, 0.25) is 0 Å². The first-order valence-corrected chi connectivity index (χ1v) is 4.25. The second-order valence-electron chi connectivity index (χ2n) is 1.19. The summed E-state index contributed by atoms with van der Waals surface area (Å²) in [6.07, 6.45) is 0. The molecule has 0 heterocycles. The fraction of sp³-hybridized carbons (Fsp3) is 0.750. The van der Waals surface area contributed by atoms with Crippen LogP contribution in [0.5, 0.6) is 0 Å². The van der Waals surface area contributed by atoms with Crippen LogP contribution in [0.25, 0.3) is 0 Å². The normalized spacial score (nSPS) is 20.0. The topological polar surface area (TPSA) is 0 Å². The molecule has 0 aliphatic rings. The van der Waals surface area contributed by atoms with Crippen molar-refractivity contribution < 1.29 is 0 Å². The molecule has 6 heavy (non-hydrogen) atoms. The van der Waals surface area contributed by atoms with E-state index < -0.39 is 0 Å². The summed E-state index contributed by atoms with van der Waals surface area (Å²) >= 11 is 4.68. The smallest absolute Gasteiger partial charge is 0.0225 e. The summed E-state index contributed by atoms with van der Waals surface area (Å²) in [5.41, 5.74) is 0. The third kappa shape index (κ3) is 3.64. The second-order valence-corrected chi connectivity index (χ2v) is 4.76. The Morgan fingerprint density at radius 3 is 1.67 bits per heavy atom. The Labute approximate surface area is 66.4 Å². The van der Waals surface area contributed by atoms with Gasteiger partial charge in [-0.25, -0.2) is 0 Å². The Kier molecular flexibility index (Phi) is 4.30. The molecule has 0 aromatic carbocycles. The van der Waals surface area contributed by atoms with Gasteiger partial charge in [0.15, 0.2) is 0 Å². The molecule has 2 heteroatoms. The molecule has 0 rings (SSSR count). The van der Waals surface area contributed by atoms with E-state index >= 15 is 0 Å². The quantitative estimate of drug-likeness (QED) is 0.516. The Balaban J connectivity index is 2.99. The van der Waals surface area contributed by atoms with Crippen molar-refractivity contribution in [2.45, 2.75) is 14.8 Å². The zero-order valence-electron chi connectivity index (χ0n) is 3.62. The van der Waals surface area contributed by atoms with Crippen LogP contribution in [-0.2, 0) is 0 Å². The average molecular weight is 309 g/mol. The van der Waals surface area contributed by atoms with Gasteiger partial charge in [0, 0.05) is 7.85 Å². The van der Waals surface area contributed by atoms with Gasteiger partial charge >= 0.3 is 0 Å². The number of alkyl halides is 2. The van der Waals surface area contributed by atoms with Crippen LogP contribution in [0.4, 0.5) is 0 Å². The largest absolute Gasteiger partial charge is 0.0818 e. The third-order valence-electron chi connectivity index (χ3n) is 0.498. The van der Waals surface area contributed by atoms with E-state index in [0.717, 1.165) is 0 Å². The number of halogens is 2. The first-order valence-electron chi connectivity index (χ1n) is 1.76. The molecule has 0 aromatic heterocycles. The molecular formula is C4H7I2. The van der Waals surface area contributed by atoms with Gasteiger partial charge in [-0.2, -0.15) is 0 Å². The summed E-state index contributed by atoms with van der Waals surface area (Å²) in [5.74, 6) is 0. The van der Waals surface area contributed by atoms with Crippen molar-refractivity contribution in [3.8, 4) is 0 Å². The van der Waals surface area contributed by atoms with Gasteiger partial charge in [0.25, 0.3) is 0 Å². The molecule has 2 unspecified atom stereocenters. The highest BCUT2D eigenvalue weighted by molar-refractivity contribution is 14.1. The Morgan fingerprint density at radius 1 is 1.50 bits per heavy atom. The molecule has 0 aliphatic heterocycles. The van der Waals surface area contributed by atoms with E-state index in [4.69, 9.17) is 0 Å². The molecule has 37 valence electrons. The minimum atomic E-state index is 0.559. The van der Waals surface area contributed by atoms with Crippen molar-refractivity contribution in [1.82, 2.24) is 0 Å². The van der Waals surface area contributed by atoms with Crippen molar-refractivity contribution in [2.24, 2.45) is 0 Å². The minimum absolute atomic E-state index is 0.559. The van der Waals surface area contributed by atoms with E-state index in [1.54, 1.807) is 0 Å². The molecule has 0 aromatic rings. The highest BCUT2D eigenvalue weighted by atomic mass is 127. The van der Waals surface area contributed by atoms with Crippen molar-refractivity contribution in [2.75, 3.05) is 0 Å². The molecule has 2 atom stereocenters.